The van der Waals surface area contributed by atoms with E-state index < -0.39 is 18.2 Å². The fraction of sp³-hybridized carbons (Fsp3) is 0.308. The van der Waals surface area contributed by atoms with Gasteiger partial charge in [0.25, 0.3) is 0 Å². The number of hydrogen-bond acceptors (Lipinski definition) is 5. The quantitative estimate of drug-likeness (QED) is 0.769. The molecule has 0 aliphatic carbocycles. The molecule has 3 N–H and O–H groups in total. The first-order valence-electron chi connectivity index (χ1n) is 6.28. The monoisotopic (exact) mass is 293 g/mol. The molecule has 0 spiro atoms. The normalized spacial score (nSPS) is 16.9. The largest absolute Gasteiger partial charge is 0.447 e. The van der Waals surface area contributed by atoms with E-state index in [9.17, 15) is 14.4 Å². The second kappa shape index (κ2) is 6.60. The van der Waals surface area contributed by atoms with Crippen molar-refractivity contribution < 1.29 is 23.9 Å². The van der Waals surface area contributed by atoms with Gasteiger partial charge in [0.2, 0.25) is 5.91 Å². The van der Waals surface area contributed by atoms with Crippen molar-refractivity contribution >= 4 is 18.1 Å². The molecule has 2 rings (SSSR count). The van der Waals surface area contributed by atoms with Gasteiger partial charge in [0.05, 0.1) is 12.5 Å². The lowest BCUT2D eigenvalue weighted by Gasteiger charge is -2.38. The second-order valence-electron chi connectivity index (χ2n) is 4.43. The summed E-state index contributed by atoms with van der Waals surface area (Å²) in [6, 6.07) is 8.71. The summed E-state index contributed by atoms with van der Waals surface area (Å²) >= 11 is 0. The number of rotatable bonds is 5. The lowest BCUT2D eigenvalue weighted by Crippen LogP contribution is -2.62. The van der Waals surface area contributed by atoms with E-state index in [1.807, 2.05) is 30.3 Å². The van der Waals surface area contributed by atoms with Crippen molar-refractivity contribution in [2.75, 3.05) is 6.61 Å². The SMILES string of the molecule is NC(=O)OCC1CC(=O)N1NC(=O)OCc1ccccc1. The first-order valence-corrected chi connectivity index (χ1v) is 6.28. The van der Waals surface area contributed by atoms with E-state index in [0.717, 1.165) is 10.6 Å². The summed E-state index contributed by atoms with van der Waals surface area (Å²) in [4.78, 5) is 33.5. The third kappa shape index (κ3) is 4.10. The zero-order valence-electron chi connectivity index (χ0n) is 11.2. The lowest BCUT2D eigenvalue weighted by molar-refractivity contribution is -0.153. The first-order chi connectivity index (χ1) is 10.1. The molecule has 21 heavy (non-hydrogen) atoms. The Morgan fingerprint density at radius 3 is 2.62 bits per heavy atom. The van der Waals surface area contributed by atoms with Gasteiger partial charge in [-0.2, -0.15) is 0 Å². The van der Waals surface area contributed by atoms with Crippen LogP contribution >= 0.6 is 0 Å². The fourth-order valence-corrected chi connectivity index (χ4v) is 1.80. The van der Waals surface area contributed by atoms with E-state index >= 15 is 0 Å². The molecule has 3 amide bonds. The Bertz CT molecular complexity index is 534. The van der Waals surface area contributed by atoms with E-state index in [0.29, 0.717) is 0 Å². The molecule has 1 fully saturated rings. The topological polar surface area (TPSA) is 111 Å². The van der Waals surface area contributed by atoms with Crippen LogP contribution in [0.4, 0.5) is 9.59 Å². The van der Waals surface area contributed by atoms with Crippen molar-refractivity contribution in [2.24, 2.45) is 5.73 Å². The van der Waals surface area contributed by atoms with E-state index in [4.69, 9.17) is 10.5 Å². The highest BCUT2D eigenvalue weighted by atomic mass is 16.6. The fourth-order valence-electron chi connectivity index (χ4n) is 1.80. The molecule has 0 aromatic heterocycles. The Kier molecular flexibility index (Phi) is 4.60. The van der Waals surface area contributed by atoms with Crippen LogP contribution in [0.25, 0.3) is 0 Å². The number of benzene rings is 1. The maximum atomic E-state index is 11.6. The number of carbonyl (C=O) groups is 3. The summed E-state index contributed by atoms with van der Waals surface area (Å²) in [5.41, 5.74) is 7.97. The molecule has 1 aromatic rings. The summed E-state index contributed by atoms with van der Waals surface area (Å²) in [5, 5.41) is 1.07. The van der Waals surface area contributed by atoms with Gasteiger partial charge in [-0.1, -0.05) is 30.3 Å². The van der Waals surface area contributed by atoms with Gasteiger partial charge in [-0.15, -0.1) is 0 Å². The van der Waals surface area contributed by atoms with Crippen LogP contribution in [0.2, 0.25) is 0 Å². The maximum absolute atomic E-state index is 11.6. The van der Waals surface area contributed by atoms with Crippen molar-refractivity contribution in [1.29, 1.82) is 0 Å². The number of hydrazine groups is 1. The molecule has 0 radical (unpaired) electrons. The predicted molar refractivity (Wildman–Crippen MR) is 70.5 cm³/mol. The molecular weight excluding hydrogens is 278 g/mol. The molecule has 1 aliphatic heterocycles. The van der Waals surface area contributed by atoms with Crippen molar-refractivity contribution in [3.63, 3.8) is 0 Å². The molecule has 1 saturated heterocycles. The minimum absolute atomic E-state index is 0.0694. The van der Waals surface area contributed by atoms with Crippen LogP contribution in [0.5, 0.6) is 0 Å². The minimum atomic E-state index is -0.930. The van der Waals surface area contributed by atoms with Crippen LogP contribution in [-0.4, -0.2) is 35.8 Å². The Morgan fingerprint density at radius 1 is 1.29 bits per heavy atom. The van der Waals surface area contributed by atoms with Crippen molar-refractivity contribution in [3.8, 4) is 0 Å². The molecule has 0 bridgehead atoms. The highest BCUT2D eigenvalue weighted by Crippen LogP contribution is 2.16. The average Bonchev–Trinajstić information content (AvgIpc) is 2.47. The van der Waals surface area contributed by atoms with Crippen molar-refractivity contribution in [2.45, 2.75) is 19.1 Å². The standard InChI is InChI=1S/C13H15N3O5/c14-12(18)20-8-10-6-11(17)16(10)15-13(19)21-7-9-4-2-1-3-5-9/h1-5,10H,6-8H2,(H2,14,18)(H,15,19). The van der Waals surface area contributed by atoms with Gasteiger partial charge in [-0.3, -0.25) is 4.79 Å². The highest BCUT2D eigenvalue weighted by molar-refractivity contribution is 5.85. The maximum Gasteiger partial charge on any atom is 0.426 e. The molecule has 1 aliphatic rings. The summed E-state index contributed by atoms with van der Waals surface area (Å²) < 4.78 is 9.57. The van der Waals surface area contributed by atoms with Gasteiger partial charge < -0.3 is 15.2 Å². The number of ether oxygens (including phenoxy) is 2. The van der Waals surface area contributed by atoms with E-state index in [1.54, 1.807) is 0 Å². The van der Waals surface area contributed by atoms with Gasteiger partial charge in [-0.25, -0.2) is 20.0 Å². The lowest BCUT2D eigenvalue weighted by atomic mass is 10.1. The number of hydrogen-bond donors (Lipinski definition) is 2. The van der Waals surface area contributed by atoms with Gasteiger partial charge in [0.15, 0.2) is 0 Å². The number of carbonyl (C=O) groups excluding carboxylic acids is 3. The summed E-state index contributed by atoms with van der Waals surface area (Å²) in [6.07, 6.45) is -1.51. The third-order valence-corrected chi connectivity index (χ3v) is 2.89. The number of primary amides is 1. The van der Waals surface area contributed by atoms with Gasteiger partial charge >= 0.3 is 12.2 Å². The number of nitrogens with one attached hydrogen (secondary N) is 1. The van der Waals surface area contributed by atoms with Crippen molar-refractivity contribution in [3.05, 3.63) is 35.9 Å². The minimum Gasteiger partial charge on any atom is -0.447 e. The number of nitrogens with two attached hydrogens (primary N) is 1. The third-order valence-electron chi connectivity index (χ3n) is 2.89. The van der Waals surface area contributed by atoms with E-state index in [-0.39, 0.29) is 25.5 Å². The summed E-state index contributed by atoms with van der Waals surface area (Å²) in [6.45, 7) is 0.0250. The van der Waals surface area contributed by atoms with Crippen LogP contribution in [0.15, 0.2) is 30.3 Å². The molecule has 1 aromatic carbocycles. The first kappa shape index (κ1) is 14.6. The van der Waals surface area contributed by atoms with Crippen molar-refractivity contribution in [1.82, 2.24) is 10.4 Å². The summed E-state index contributed by atoms with van der Waals surface area (Å²) in [7, 11) is 0. The Morgan fingerprint density at radius 2 is 2.00 bits per heavy atom. The van der Waals surface area contributed by atoms with E-state index in [2.05, 4.69) is 10.2 Å². The molecule has 1 atom stereocenters. The highest BCUT2D eigenvalue weighted by Gasteiger charge is 2.38. The van der Waals surface area contributed by atoms with Crippen LogP contribution in [-0.2, 0) is 20.9 Å². The molecule has 8 heteroatoms. The summed E-state index contributed by atoms with van der Waals surface area (Å²) in [5.74, 6) is -0.287. The smallest absolute Gasteiger partial charge is 0.426 e. The van der Waals surface area contributed by atoms with Gasteiger partial charge in [0, 0.05) is 0 Å². The van der Waals surface area contributed by atoms with E-state index in [1.165, 1.54) is 0 Å². The molecular formula is C13H15N3O5. The van der Waals surface area contributed by atoms with Crippen LogP contribution in [0.3, 0.4) is 0 Å². The molecule has 112 valence electrons. The molecule has 1 unspecified atom stereocenters. The van der Waals surface area contributed by atoms with Gasteiger partial charge in [0.1, 0.15) is 13.2 Å². The Balaban J connectivity index is 1.76. The Hall–Kier alpha value is -2.77. The molecule has 8 nitrogen and oxygen atoms in total. The zero-order chi connectivity index (χ0) is 15.2. The predicted octanol–water partition coefficient (Wildman–Crippen LogP) is 0.524. The number of nitrogens with zero attached hydrogens (tertiary/aromatic N) is 1. The second-order valence-corrected chi connectivity index (χ2v) is 4.43. The number of β-lactam (4-membered cyclic amide) rings is 1. The average molecular weight is 293 g/mol. The number of amides is 3. The van der Waals surface area contributed by atoms with Crippen LogP contribution in [0, 0.1) is 0 Å². The zero-order valence-corrected chi connectivity index (χ0v) is 11.2. The Labute approximate surface area is 120 Å². The van der Waals surface area contributed by atoms with Crippen LogP contribution in [0.1, 0.15) is 12.0 Å². The van der Waals surface area contributed by atoms with Crippen LogP contribution < -0.4 is 11.2 Å². The molecule has 0 saturated carbocycles. The molecule has 1 heterocycles. The van der Waals surface area contributed by atoms with Gasteiger partial charge in [-0.05, 0) is 5.56 Å².